The molecular formula is C25H24N6O. The molecule has 0 fully saturated rings. The molecule has 2 aromatic carbocycles. The predicted molar refractivity (Wildman–Crippen MR) is 127 cm³/mol. The summed E-state index contributed by atoms with van der Waals surface area (Å²) in [5, 5.41) is 5.21. The molecule has 0 saturated heterocycles. The summed E-state index contributed by atoms with van der Waals surface area (Å²) >= 11 is 0. The largest absolute Gasteiger partial charge is 0.360 e. The lowest BCUT2D eigenvalue weighted by atomic mass is 10.0. The molecule has 7 heteroatoms. The molecule has 3 aromatic heterocycles. The van der Waals surface area contributed by atoms with Gasteiger partial charge in [0.25, 0.3) is 5.56 Å². The number of hydrogen-bond acceptors (Lipinski definition) is 5. The number of hydrogen-bond donors (Lipinski definition) is 2. The first kappa shape index (κ1) is 19.9. The summed E-state index contributed by atoms with van der Waals surface area (Å²) in [4.78, 5) is 29.8. The van der Waals surface area contributed by atoms with E-state index in [4.69, 9.17) is 0 Å². The molecule has 0 amide bonds. The maximum Gasteiger partial charge on any atom is 0.263 e. The maximum absolute atomic E-state index is 13.9. The summed E-state index contributed by atoms with van der Waals surface area (Å²) in [6.07, 6.45) is 3.85. The fourth-order valence-electron chi connectivity index (χ4n) is 4.30. The van der Waals surface area contributed by atoms with Crippen molar-refractivity contribution in [3.05, 3.63) is 88.4 Å². The molecule has 0 radical (unpaired) electrons. The highest BCUT2D eigenvalue weighted by Gasteiger charge is 2.21. The van der Waals surface area contributed by atoms with E-state index in [1.807, 2.05) is 60.9 Å². The number of H-pyrrole nitrogens is 1. The van der Waals surface area contributed by atoms with Crippen molar-refractivity contribution in [2.45, 2.75) is 33.2 Å². The van der Waals surface area contributed by atoms with E-state index < -0.39 is 0 Å². The van der Waals surface area contributed by atoms with Crippen molar-refractivity contribution in [1.82, 2.24) is 24.5 Å². The van der Waals surface area contributed by atoms with Crippen molar-refractivity contribution < 1.29 is 0 Å². The Morgan fingerprint density at radius 2 is 1.84 bits per heavy atom. The van der Waals surface area contributed by atoms with Crippen LogP contribution in [0.1, 0.15) is 36.2 Å². The summed E-state index contributed by atoms with van der Waals surface area (Å²) in [5.41, 5.74) is 5.10. The lowest BCUT2D eigenvalue weighted by Gasteiger charge is -2.24. The second kappa shape index (κ2) is 7.92. The number of pyridine rings is 1. The van der Waals surface area contributed by atoms with Crippen LogP contribution in [0.4, 0.5) is 5.82 Å². The molecular weight excluding hydrogens is 400 g/mol. The molecule has 0 aliphatic rings. The van der Waals surface area contributed by atoms with E-state index in [9.17, 15) is 4.79 Å². The second-order valence-corrected chi connectivity index (χ2v) is 7.96. The predicted octanol–water partition coefficient (Wildman–Crippen LogP) is 4.84. The van der Waals surface area contributed by atoms with E-state index in [0.29, 0.717) is 11.5 Å². The highest BCUT2D eigenvalue weighted by atomic mass is 16.1. The number of aromatic nitrogens is 5. The molecule has 32 heavy (non-hydrogen) atoms. The minimum Gasteiger partial charge on any atom is -0.360 e. The van der Waals surface area contributed by atoms with Crippen LogP contribution < -0.4 is 10.9 Å². The van der Waals surface area contributed by atoms with Gasteiger partial charge in [-0.15, -0.1) is 0 Å². The minimum atomic E-state index is -0.159. The van der Waals surface area contributed by atoms with E-state index in [-0.39, 0.29) is 11.6 Å². The van der Waals surface area contributed by atoms with Crippen LogP contribution in [-0.2, 0) is 0 Å². The second-order valence-electron chi connectivity index (χ2n) is 7.96. The SMILES string of the molecule is CC[C@H](Nc1ncnc2nc[nH]c12)c1cc2cccc(C)c2c(=O)n1-c1ccccc1C. The van der Waals surface area contributed by atoms with Crippen molar-refractivity contribution in [3.8, 4) is 5.69 Å². The number of nitrogens with zero attached hydrogens (tertiary/aromatic N) is 4. The van der Waals surface area contributed by atoms with Crippen LogP contribution in [0.25, 0.3) is 27.6 Å². The van der Waals surface area contributed by atoms with Gasteiger partial charge in [0.2, 0.25) is 0 Å². The van der Waals surface area contributed by atoms with Gasteiger partial charge in [-0.25, -0.2) is 15.0 Å². The third-order valence-electron chi connectivity index (χ3n) is 5.94. The van der Waals surface area contributed by atoms with Crippen LogP contribution in [0.15, 0.2) is 66.0 Å². The molecule has 0 unspecified atom stereocenters. The Bertz CT molecular complexity index is 1500. The number of benzene rings is 2. The highest BCUT2D eigenvalue weighted by Crippen LogP contribution is 2.29. The molecule has 0 aliphatic heterocycles. The van der Waals surface area contributed by atoms with Crippen LogP contribution in [0.2, 0.25) is 0 Å². The van der Waals surface area contributed by atoms with Gasteiger partial charge in [0.15, 0.2) is 11.5 Å². The van der Waals surface area contributed by atoms with Crippen LogP contribution in [0.3, 0.4) is 0 Å². The molecule has 7 nitrogen and oxygen atoms in total. The van der Waals surface area contributed by atoms with Gasteiger partial charge in [0.05, 0.1) is 23.4 Å². The molecule has 5 aromatic rings. The maximum atomic E-state index is 13.9. The topological polar surface area (TPSA) is 88.5 Å². The molecule has 0 bridgehead atoms. The van der Waals surface area contributed by atoms with Gasteiger partial charge in [-0.2, -0.15) is 0 Å². The van der Waals surface area contributed by atoms with Crippen molar-refractivity contribution in [3.63, 3.8) is 0 Å². The normalized spacial score (nSPS) is 12.3. The Labute approximate surface area is 185 Å². The van der Waals surface area contributed by atoms with Gasteiger partial charge in [0.1, 0.15) is 11.8 Å². The van der Waals surface area contributed by atoms with Crippen molar-refractivity contribution in [2.24, 2.45) is 0 Å². The number of nitrogens with one attached hydrogen (secondary N) is 2. The number of aryl methyl sites for hydroxylation is 2. The number of aromatic amines is 1. The third kappa shape index (κ3) is 3.22. The lowest BCUT2D eigenvalue weighted by molar-refractivity contribution is 0.688. The zero-order valence-electron chi connectivity index (χ0n) is 18.3. The summed E-state index contributed by atoms with van der Waals surface area (Å²) in [5.74, 6) is 0.660. The fraction of sp³-hybridized carbons (Fsp3) is 0.200. The number of imidazole rings is 1. The number of rotatable bonds is 5. The Morgan fingerprint density at radius 1 is 1.03 bits per heavy atom. The average Bonchev–Trinajstić information content (AvgIpc) is 3.28. The molecule has 2 N–H and O–H groups in total. The van der Waals surface area contributed by atoms with Gasteiger partial charge < -0.3 is 10.3 Å². The van der Waals surface area contributed by atoms with Gasteiger partial charge in [0, 0.05) is 5.69 Å². The van der Waals surface area contributed by atoms with Crippen LogP contribution in [0, 0.1) is 13.8 Å². The average molecular weight is 425 g/mol. The van der Waals surface area contributed by atoms with Crippen LogP contribution in [-0.4, -0.2) is 24.5 Å². The molecule has 3 heterocycles. The van der Waals surface area contributed by atoms with E-state index in [0.717, 1.165) is 45.2 Å². The standard InChI is InChI=1S/C25H24N6O/c1-4-18(30-24-22-23(27-13-26-22)28-14-29-24)20-12-17-10-7-9-16(3)21(17)25(32)31(20)19-11-6-5-8-15(19)2/h5-14,18H,4H2,1-3H3,(H2,26,27,28,29,30)/t18-/m0/s1. The molecule has 0 aliphatic carbocycles. The quantitative estimate of drug-likeness (QED) is 0.422. The van der Waals surface area contributed by atoms with Gasteiger partial charge in [-0.1, -0.05) is 43.3 Å². The molecule has 5 rings (SSSR count). The Balaban J connectivity index is 1.76. The molecule has 0 saturated carbocycles. The summed E-state index contributed by atoms with van der Waals surface area (Å²) in [6, 6.07) is 15.9. The first-order valence-corrected chi connectivity index (χ1v) is 10.7. The first-order chi connectivity index (χ1) is 15.6. The molecule has 0 spiro atoms. The molecule has 1 atom stereocenters. The van der Waals surface area contributed by atoms with Gasteiger partial charge >= 0.3 is 0 Å². The van der Waals surface area contributed by atoms with Gasteiger partial charge in [-0.3, -0.25) is 9.36 Å². The monoisotopic (exact) mass is 424 g/mol. The van der Waals surface area contributed by atoms with E-state index in [1.54, 1.807) is 6.33 Å². The van der Waals surface area contributed by atoms with Gasteiger partial charge in [-0.05, 0) is 48.9 Å². The zero-order valence-corrected chi connectivity index (χ0v) is 18.3. The summed E-state index contributed by atoms with van der Waals surface area (Å²) in [6.45, 7) is 6.10. The highest BCUT2D eigenvalue weighted by molar-refractivity contribution is 5.86. The lowest BCUT2D eigenvalue weighted by Crippen LogP contribution is -2.27. The smallest absolute Gasteiger partial charge is 0.263 e. The number of fused-ring (bicyclic) bond motifs is 2. The van der Waals surface area contributed by atoms with Crippen LogP contribution in [0.5, 0.6) is 0 Å². The Kier molecular flexibility index (Phi) is 4.93. The minimum absolute atomic E-state index is 0.0143. The third-order valence-corrected chi connectivity index (χ3v) is 5.94. The fourth-order valence-corrected chi connectivity index (χ4v) is 4.30. The van der Waals surface area contributed by atoms with Crippen LogP contribution >= 0.6 is 0 Å². The van der Waals surface area contributed by atoms with E-state index in [1.165, 1.54) is 6.33 Å². The van der Waals surface area contributed by atoms with E-state index in [2.05, 4.69) is 38.2 Å². The summed E-state index contributed by atoms with van der Waals surface area (Å²) < 4.78 is 1.84. The van der Waals surface area contributed by atoms with Crippen molar-refractivity contribution >= 4 is 27.8 Å². The number of anilines is 1. The van der Waals surface area contributed by atoms with Crippen molar-refractivity contribution in [1.29, 1.82) is 0 Å². The van der Waals surface area contributed by atoms with Crippen molar-refractivity contribution in [2.75, 3.05) is 5.32 Å². The number of para-hydroxylation sites is 1. The Morgan fingerprint density at radius 3 is 2.66 bits per heavy atom. The van der Waals surface area contributed by atoms with E-state index >= 15 is 0 Å². The first-order valence-electron chi connectivity index (χ1n) is 10.7. The molecule has 160 valence electrons. The zero-order chi connectivity index (χ0) is 22.2. The summed E-state index contributed by atoms with van der Waals surface area (Å²) in [7, 11) is 0. The Hall–Kier alpha value is -4.00.